The lowest BCUT2D eigenvalue weighted by Gasteiger charge is -2.24. The predicted molar refractivity (Wildman–Crippen MR) is 115 cm³/mol. The van der Waals surface area contributed by atoms with Crippen molar-refractivity contribution in [3.8, 4) is 0 Å². The van der Waals surface area contributed by atoms with Gasteiger partial charge in [-0.2, -0.15) is 0 Å². The first-order valence-corrected chi connectivity index (χ1v) is 10.8. The van der Waals surface area contributed by atoms with Gasteiger partial charge in [-0.1, -0.05) is 6.92 Å². The van der Waals surface area contributed by atoms with E-state index in [-0.39, 0.29) is 18.3 Å². The van der Waals surface area contributed by atoms with E-state index in [4.69, 9.17) is 14.2 Å². The molecular weight excluding hydrogens is 410 g/mol. The largest absolute Gasteiger partial charge is 0.465 e. The third kappa shape index (κ3) is 6.32. The number of nitrogens with one attached hydrogen (secondary N) is 1. The molecule has 2 aromatic rings. The number of hydrogen-bond donors (Lipinski definition) is 2. The Hall–Kier alpha value is -1.85. The van der Waals surface area contributed by atoms with Gasteiger partial charge in [0.05, 0.1) is 44.5 Å². The number of aliphatic hydroxyl groups is 1. The number of hydrogen-bond acceptors (Lipinski definition) is 9. The number of aliphatic hydroxyl groups excluding tert-OH is 1. The minimum absolute atomic E-state index is 0.0306. The summed E-state index contributed by atoms with van der Waals surface area (Å²) >= 11 is 1.16. The van der Waals surface area contributed by atoms with E-state index in [1.165, 1.54) is 7.11 Å². The molecular formula is C20H31N3O6S. The van der Waals surface area contributed by atoms with Gasteiger partial charge in [0, 0.05) is 20.2 Å². The molecule has 0 amide bonds. The quantitative estimate of drug-likeness (QED) is 0.477. The number of carbonyl (C=O) groups excluding carboxylic acids is 1. The molecule has 2 heterocycles. The van der Waals surface area contributed by atoms with Crippen molar-refractivity contribution in [3.05, 3.63) is 26.6 Å². The SMILES string of the molecule is CCc1c(C(=O)OC)sc2nc(CN(CCOC)CC(O)COC(C)C)[nH]c(=O)c12. The molecule has 10 heteroatoms. The lowest BCUT2D eigenvalue weighted by molar-refractivity contribution is -0.0124. The normalized spacial score (nSPS) is 12.8. The summed E-state index contributed by atoms with van der Waals surface area (Å²) < 4.78 is 15.5. The van der Waals surface area contributed by atoms with Gasteiger partial charge in [0.2, 0.25) is 0 Å². The molecule has 168 valence electrons. The Morgan fingerprint density at radius 2 is 2.07 bits per heavy atom. The van der Waals surface area contributed by atoms with Crippen LogP contribution in [0.3, 0.4) is 0 Å². The zero-order chi connectivity index (χ0) is 22.3. The van der Waals surface area contributed by atoms with E-state index >= 15 is 0 Å². The highest BCUT2D eigenvalue weighted by Crippen LogP contribution is 2.28. The Morgan fingerprint density at radius 1 is 1.33 bits per heavy atom. The Balaban J connectivity index is 2.28. The number of esters is 1. The monoisotopic (exact) mass is 441 g/mol. The van der Waals surface area contributed by atoms with Crippen LogP contribution in [-0.4, -0.2) is 78.7 Å². The molecule has 30 heavy (non-hydrogen) atoms. The van der Waals surface area contributed by atoms with Gasteiger partial charge < -0.3 is 24.3 Å². The van der Waals surface area contributed by atoms with Gasteiger partial charge in [-0.25, -0.2) is 9.78 Å². The molecule has 0 aliphatic rings. The van der Waals surface area contributed by atoms with E-state index in [9.17, 15) is 14.7 Å². The molecule has 1 unspecified atom stereocenters. The Kier molecular flexibility index (Phi) is 9.37. The molecule has 9 nitrogen and oxygen atoms in total. The van der Waals surface area contributed by atoms with Gasteiger partial charge >= 0.3 is 5.97 Å². The Bertz CT molecular complexity index is 895. The molecule has 0 aliphatic carbocycles. The van der Waals surface area contributed by atoms with Crippen LogP contribution in [0.2, 0.25) is 0 Å². The maximum absolute atomic E-state index is 12.7. The second kappa shape index (κ2) is 11.5. The van der Waals surface area contributed by atoms with Crippen molar-refractivity contribution in [2.24, 2.45) is 0 Å². The number of carbonyl (C=O) groups is 1. The van der Waals surface area contributed by atoms with E-state index in [2.05, 4.69) is 9.97 Å². The highest BCUT2D eigenvalue weighted by molar-refractivity contribution is 7.20. The average molecular weight is 442 g/mol. The molecule has 2 N–H and O–H groups in total. The number of nitrogens with zero attached hydrogens (tertiary/aromatic N) is 2. The summed E-state index contributed by atoms with van der Waals surface area (Å²) in [6.07, 6.45) is -0.126. The van der Waals surface area contributed by atoms with Crippen LogP contribution in [0.25, 0.3) is 10.2 Å². The Morgan fingerprint density at radius 3 is 2.67 bits per heavy atom. The number of aryl methyl sites for hydroxylation is 1. The molecule has 0 saturated carbocycles. The maximum Gasteiger partial charge on any atom is 0.348 e. The van der Waals surface area contributed by atoms with Crippen molar-refractivity contribution >= 4 is 27.5 Å². The lowest BCUT2D eigenvalue weighted by Crippen LogP contribution is -2.37. The number of H-pyrrole nitrogens is 1. The second-order valence-corrected chi connectivity index (χ2v) is 8.21. The van der Waals surface area contributed by atoms with Crippen molar-refractivity contribution < 1.29 is 24.1 Å². The van der Waals surface area contributed by atoms with Gasteiger partial charge in [0.1, 0.15) is 15.5 Å². The van der Waals surface area contributed by atoms with Crippen LogP contribution < -0.4 is 5.56 Å². The lowest BCUT2D eigenvalue weighted by atomic mass is 10.1. The molecule has 0 aliphatic heterocycles. The first kappa shape index (κ1) is 24.4. The highest BCUT2D eigenvalue weighted by Gasteiger charge is 2.22. The number of methoxy groups -OCH3 is 2. The van der Waals surface area contributed by atoms with Crippen molar-refractivity contribution in [2.75, 3.05) is 40.5 Å². The first-order chi connectivity index (χ1) is 14.3. The maximum atomic E-state index is 12.7. The van der Waals surface area contributed by atoms with Gasteiger partial charge in [-0.05, 0) is 25.8 Å². The van der Waals surface area contributed by atoms with E-state index < -0.39 is 12.1 Å². The molecule has 0 radical (unpaired) electrons. The van der Waals surface area contributed by atoms with Crippen molar-refractivity contribution in [2.45, 2.75) is 45.9 Å². The van der Waals surface area contributed by atoms with Crippen LogP contribution in [0.15, 0.2) is 4.79 Å². The summed E-state index contributed by atoms with van der Waals surface area (Å²) in [4.78, 5) is 35.1. The highest BCUT2D eigenvalue weighted by atomic mass is 32.1. The average Bonchev–Trinajstić information content (AvgIpc) is 3.08. The summed E-state index contributed by atoms with van der Waals surface area (Å²) in [6, 6.07) is 0. The van der Waals surface area contributed by atoms with Crippen LogP contribution >= 0.6 is 11.3 Å². The van der Waals surface area contributed by atoms with E-state index in [0.29, 0.717) is 59.1 Å². The van der Waals surface area contributed by atoms with E-state index in [1.54, 1.807) is 7.11 Å². The van der Waals surface area contributed by atoms with Crippen LogP contribution in [0.4, 0.5) is 0 Å². The molecule has 1 atom stereocenters. The van der Waals surface area contributed by atoms with Gasteiger partial charge in [0.25, 0.3) is 5.56 Å². The fourth-order valence-electron chi connectivity index (χ4n) is 3.10. The third-order valence-corrected chi connectivity index (χ3v) is 5.62. The summed E-state index contributed by atoms with van der Waals surface area (Å²) in [5, 5.41) is 10.7. The zero-order valence-corrected chi connectivity index (χ0v) is 19.0. The van der Waals surface area contributed by atoms with E-state index in [0.717, 1.165) is 11.3 Å². The molecule has 0 aromatic carbocycles. The molecule has 0 fully saturated rings. The van der Waals surface area contributed by atoms with Gasteiger partial charge in [-0.3, -0.25) is 9.69 Å². The van der Waals surface area contributed by atoms with Crippen molar-refractivity contribution in [1.29, 1.82) is 0 Å². The number of ether oxygens (including phenoxy) is 3. The van der Waals surface area contributed by atoms with Gasteiger partial charge in [-0.15, -0.1) is 11.3 Å². The van der Waals surface area contributed by atoms with Crippen LogP contribution in [-0.2, 0) is 27.2 Å². The number of fused-ring (bicyclic) bond motifs is 1. The number of aromatic nitrogens is 2. The first-order valence-electron chi connectivity index (χ1n) is 9.94. The third-order valence-electron chi connectivity index (χ3n) is 4.51. The van der Waals surface area contributed by atoms with Crippen LogP contribution in [0.1, 0.15) is 41.8 Å². The topological polar surface area (TPSA) is 114 Å². The minimum Gasteiger partial charge on any atom is -0.465 e. The zero-order valence-electron chi connectivity index (χ0n) is 18.2. The summed E-state index contributed by atoms with van der Waals surface area (Å²) in [7, 11) is 2.92. The number of thiophene rings is 1. The molecule has 2 aromatic heterocycles. The minimum atomic E-state index is -0.681. The summed E-state index contributed by atoms with van der Waals surface area (Å²) in [5.74, 6) is -0.00769. The molecule has 0 spiro atoms. The van der Waals surface area contributed by atoms with Gasteiger partial charge in [0.15, 0.2) is 0 Å². The number of aromatic amines is 1. The van der Waals surface area contributed by atoms with Crippen LogP contribution in [0, 0.1) is 0 Å². The summed E-state index contributed by atoms with van der Waals surface area (Å²) in [5.41, 5.74) is 0.369. The van der Waals surface area contributed by atoms with Crippen molar-refractivity contribution in [1.82, 2.24) is 14.9 Å². The van der Waals surface area contributed by atoms with Crippen molar-refractivity contribution in [3.63, 3.8) is 0 Å². The standard InChI is InChI=1S/C20H31N3O6S/c1-6-14-16-18(25)21-15(22-19(16)30-17(14)20(26)28-5)10-23(7-8-27-4)9-13(24)11-29-12(2)3/h12-13,24H,6-11H2,1-5H3,(H,21,22,25). The molecule has 0 bridgehead atoms. The van der Waals surface area contributed by atoms with E-state index in [1.807, 2.05) is 25.7 Å². The Labute approximate surface area is 180 Å². The molecule has 2 rings (SSSR count). The smallest absolute Gasteiger partial charge is 0.348 e. The van der Waals surface area contributed by atoms with Crippen LogP contribution in [0.5, 0.6) is 0 Å². The fourth-order valence-corrected chi connectivity index (χ4v) is 4.30. The summed E-state index contributed by atoms with van der Waals surface area (Å²) in [6.45, 7) is 7.60. The second-order valence-electron chi connectivity index (χ2n) is 7.21. The molecule has 0 saturated heterocycles. The fraction of sp³-hybridized carbons (Fsp3) is 0.650. The predicted octanol–water partition coefficient (Wildman–Crippen LogP) is 1.57. The number of rotatable bonds is 12.